The molecule has 0 fully saturated rings. The Morgan fingerprint density at radius 3 is 2.52 bits per heavy atom. The molecule has 27 heavy (non-hydrogen) atoms. The molecular formula is C15H23N5O6S. The van der Waals surface area contributed by atoms with Gasteiger partial charge in [0, 0.05) is 11.4 Å². The van der Waals surface area contributed by atoms with Gasteiger partial charge < -0.3 is 31.5 Å². The lowest BCUT2D eigenvalue weighted by molar-refractivity contribution is -0.161. The number of nitrogens with one attached hydrogen (secondary N) is 1. The molecule has 1 aromatic heterocycles. The van der Waals surface area contributed by atoms with Crippen LogP contribution in [0.1, 0.15) is 33.4 Å². The number of thiazole rings is 1. The molecule has 2 atom stereocenters. The van der Waals surface area contributed by atoms with Crippen molar-refractivity contribution >= 4 is 40.0 Å². The molecule has 0 aromatic carbocycles. The van der Waals surface area contributed by atoms with E-state index < -0.39 is 35.5 Å². The average molecular weight is 401 g/mol. The van der Waals surface area contributed by atoms with E-state index in [0.29, 0.717) is 0 Å². The van der Waals surface area contributed by atoms with Gasteiger partial charge in [-0.15, -0.1) is 11.3 Å². The highest BCUT2D eigenvalue weighted by Crippen LogP contribution is 2.15. The van der Waals surface area contributed by atoms with Gasteiger partial charge in [-0.1, -0.05) is 5.16 Å². The molecule has 150 valence electrons. The number of nitrogen functional groups attached to an aromatic ring is 1. The smallest absolute Gasteiger partial charge is 0.350 e. The van der Waals surface area contributed by atoms with Crippen molar-refractivity contribution in [3.05, 3.63) is 11.1 Å². The predicted molar refractivity (Wildman–Crippen MR) is 98.1 cm³/mol. The number of carbonyl (C=O) groups excluding carboxylic acids is 2. The number of esters is 1. The van der Waals surface area contributed by atoms with E-state index in [-0.39, 0.29) is 23.1 Å². The van der Waals surface area contributed by atoms with Crippen LogP contribution in [0.25, 0.3) is 0 Å². The number of oxime groups is 1. The molecular weight excluding hydrogens is 378 g/mol. The van der Waals surface area contributed by atoms with E-state index in [9.17, 15) is 14.4 Å². The van der Waals surface area contributed by atoms with Crippen molar-refractivity contribution in [3.63, 3.8) is 0 Å². The summed E-state index contributed by atoms with van der Waals surface area (Å²) >= 11 is 1.05. The number of nitrogens with zero attached hydrogens (tertiary/aromatic N) is 2. The largest absolute Gasteiger partial charge is 0.478 e. The van der Waals surface area contributed by atoms with Crippen molar-refractivity contribution in [2.75, 3.05) is 12.3 Å². The van der Waals surface area contributed by atoms with Gasteiger partial charge >= 0.3 is 11.9 Å². The number of nitrogens with two attached hydrogens (primary N) is 2. The van der Waals surface area contributed by atoms with Crippen LogP contribution in [0.15, 0.2) is 10.5 Å². The van der Waals surface area contributed by atoms with Crippen LogP contribution in [0.2, 0.25) is 0 Å². The third-order valence-electron chi connectivity index (χ3n) is 3.21. The van der Waals surface area contributed by atoms with E-state index in [1.807, 2.05) is 0 Å². The third-order valence-corrected chi connectivity index (χ3v) is 3.89. The molecule has 1 aromatic rings. The highest BCUT2D eigenvalue weighted by Gasteiger charge is 2.32. The van der Waals surface area contributed by atoms with Crippen molar-refractivity contribution in [1.29, 1.82) is 0 Å². The van der Waals surface area contributed by atoms with Crippen molar-refractivity contribution < 1.29 is 29.1 Å². The summed E-state index contributed by atoms with van der Waals surface area (Å²) < 4.78 is 4.89. The number of hydrogen-bond donors (Lipinski definition) is 4. The number of amides is 1. The number of carboxylic acids is 1. The molecule has 11 nitrogen and oxygen atoms in total. The SMILES string of the molecule is CCOC(=O)[C@@H](NC(=O)/C(=N\OC(C)(C)C(=O)O)c1csc(N)n1)[C@H](C)N. The zero-order valence-electron chi connectivity index (χ0n) is 15.4. The fourth-order valence-corrected chi connectivity index (χ4v) is 2.19. The van der Waals surface area contributed by atoms with Gasteiger partial charge in [0.1, 0.15) is 11.7 Å². The number of hydrogen-bond acceptors (Lipinski definition) is 10. The van der Waals surface area contributed by atoms with Gasteiger partial charge in [0.05, 0.1) is 6.61 Å². The number of aromatic nitrogens is 1. The van der Waals surface area contributed by atoms with Crippen LogP contribution in [-0.4, -0.2) is 57.9 Å². The lowest BCUT2D eigenvalue weighted by Crippen LogP contribution is -2.53. The molecule has 0 radical (unpaired) electrons. The predicted octanol–water partition coefficient (Wildman–Crippen LogP) is -0.296. The Bertz CT molecular complexity index is 730. The van der Waals surface area contributed by atoms with Crippen LogP contribution >= 0.6 is 11.3 Å². The highest BCUT2D eigenvalue weighted by atomic mass is 32.1. The second-order valence-electron chi connectivity index (χ2n) is 5.98. The summed E-state index contributed by atoms with van der Waals surface area (Å²) in [4.78, 5) is 44.7. The third kappa shape index (κ3) is 6.18. The first-order valence-electron chi connectivity index (χ1n) is 7.93. The standard InChI is InChI=1S/C15H23N5O6S/c1-5-25-12(22)9(7(2)16)19-11(21)10(8-6-27-14(17)18-8)20-26-15(3,4)13(23)24/h6-7,9H,5,16H2,1-4H3,(H2,17,18)(H,19,21)(H,23,24)/b20-10-/t7-,9-/m0/s1. The van der Waals surface area contributed by atoms with Crippen molar-refractivity contribution in [2.24, 2.45) is 10.9 Å². The van der Waals surface area contributed by atoms with Crippen LogP contribution in [-0.2, 0) is 24.0 Å². The first kappa shape index (κ1) is 22.3. The van der Waals surface area contributed by atoms with Crippen molar-refractivity contribution in [1.82, 2.24) is 10.3 Å². The van der Waals surface area contributed by atoms with Gasteiger partial charge in [-0.25, -0.2) is 14.6 Å². The molecule has 1 rings (SSSR count). The van der Waals surface area contributed by atoms with E-state index in [4.69, 9.17) is 26.1 Å². The summed E-state index contributed by atoms with van der Waals surface area (Å²) in [6.45, 7) is 5.76. The summed E-state index contributed by atoms with van der Waals surface area (Å²) in [5, 5.41) is 16.8. The van der Waals surface area contributed by atoms with Crippen molar-refractivity contribution in [3.8, 4) is 0 Å². The average Bonchev–Trinajstić information content (AvgIpc) is 2.98. The Balaban J connectivity index is 3.16. The summed E-state index contributed by atoms with van der Waals surface area (Å²) in [5.41, 5.74) is 9.32. The maximum Gasteiger partial charge on any atom is 0.350 e. The summed E-state index contributed by atoms with van der Waals surface area (Å²) in [5.74, 6) is -2.86. The summed E-state index contributed by atoms with van der Waals surface area (Å²) in [6, 6.07) is -1.91. The highest BCUT2D eigenvalue weighted by molar-refractivity contribution is 7.13. The molecule has 0 aliphatic carbocycles. The number of ether oxygens (including phenoxy) is 1. The summed E-state index contributed by atoms with van der Waals surface area (Å²) in [7, 11) is 0. The number of carbonyl (C=O) groups is 3. The second-order valence-corrected chi connectivity index (χ2v) is 6.87. The molecule has 6 N–H and O–H groups in total. The minimum absolute atomic E-state index is 0.0588. The number of anilines is 1. The molecule has 0 saturated carbocycles. The van der Waals surface area contributed by atoms with E-state index in [1.54, 1.807) is 6.92 Å². The van der Waals surface area contributed by atoms with Gasteiger partial charge in [0.25, 0.3) is 5.91 Å². The van der Waals surface area contributed by atoms with Crippen LogP contribution in [0.5, 0.6) is 0 Å². The van der Waals surface area contributed by atoms with E-state index in [0.717, 1.165) is 11.3 Å². The molecule has 1 amide bonds. The minimum Gasteiger partial charge on any atom is -0.478 e. The topological polar surface area (TPSA) is 179 Å². The minimum atomic E-state index is -1.70. The van der Waals surface area contributed by atoms with Crippen LogP contribution in [0, 0.1) is 0 Å². The zero-order chi connectivity index (χ0) is 20.8. The quantitative estimate of drug-likeness (QED) is 0.245. The Morgan fingerprint density at radius 2 is 2.07 bits per heavy atom. The lowest BCUT2D eigenvalue weighted by Gasteiger charge is -2.21. The summed E-state index contributed by atoms with van der Waals surface area (Å²) in [6.07, 6.45) is 0. The molecule has 0 aliphatic heterocycles. The van der Waals surface area contributed by atoms with Gasteiger partial charge in [0.15, 0.2) is 10.8 Å². The van der Waals surface area contributed by atoms with E-state index in [1.165, 1.54) is 26.2 Å². The number of aliphatic carboxylic acids is 1. The molecule has 12 heteroatoms. The maximum atomic E-state index is 12.7. The van der Waals surface area contributed by atoms with E-state index >= 15 is 0 Å². The first-order chi connectivity index (χ1) is 12.5. The molecule has 0 saturated heterocycles. The van der Waals surface area contributed by atoms with Gasteiger partial charge in [0.2, 0.25) is 5.60 Å². The van der Waals surface area contributed by atoms with Gasteiger partial charge in [-0.05, 0) is 27.7 Å². The second kappa shape index (κ2) is 9.28. The normalized spacial score (nSPS) is 14.2. The Hall–Kier alpha value is -2.73. The fourth-order valence-electron chi connectivity index (χ4n) is 1.65. The fraction of sp³-hybridized carbons (Fsp3) is 0.533. The van der Waals surface area contributed by atoms with Crippen LogP contribution < -0.4 is 16.8 Å². The molecule has 0 spiro atoms. The maximum absolute atomic E-state index is 12.7. The molecule has 0 bridgehead atoms. The van der Waals surface area contributed by atoms with E-state index in [2.05, 4.69) is 15.5 Å². The zero-order valence-corrected chi connectivity index (χ0v) is 16.2. The van der Waals surface area contributed by atoms with Crippen LogP contribution in [0.3, 0.4) is 0 Å². The Kier molecular flexibility index (Phi) is 7.67. The molecule has 1 heterocycles. The first-order valence-corrected chi connectivity index (χ1v) is 8.81. The number of carboxylic acid groups (broad SMARTS) is 1. The van der Waals surface area contributed by atoms with Gasteiger partial charge in [-0.3, -0.25) is 4.79 Å². The van der Waals surface area contributed by atoms with Crippen LogP contribution in [0.4, 0.5) is 5.13 Å². The Labute approximate surface area is 159 Å². The number of rotatable bonds is 9. The lowest BCUT2D eigenvalue weighted by atomic mass is 10.1. The molecule has 0 unspecified atom stereocenters. The monoisotopic (exact) mass is 401 g/mol. The molecule has 0 aliphatic rings. The van der Waals surface area contributed by atoms with Gasteiger partial charge in [-0.2, -0.15) is 0 Å². The van der Waals surface area contributed by atoms with Crippen molar-refractivity contribution in [2.45, 2.75) is 45.4 Å². The Morgan fingerprint density at radius 1 is 1.44 bits per heavy atom.